The highest BCUT2D eigenvalue weighted by Gasteiger charge is 2.47. The second kappa shape index (κ2) is 31.0. The van der Waals surface area contributed by atoms with Gasteiger partial charge in [-0.1, -0.05) is 136 Å². The molecule has 0 radical (unpaired) electrons. The molecule has 0 saturated carbocycles. The Morgan fingerprint density at radius 1 is 0.527 bits per heavy atom. The molecule has 326 valence electrons. The zero-order chi connectivity index (χ0) is 40.3. The summed E-state index contributed by atoms with van der Waals surface area (Å²) in [6, 6.07) is 0. The lowest BCUT2D eigenvalue weighted by molar-refractivity contribution is -0.332. The first kappa shape index (κ1) is 50.1. The molecule has 2 fully saturated rings. The number of ether oxygens (including phenoxy) is 6. The number of aliphatic hydroxyl groups excluding tert-OH is 7. The molecule has 0 aromatic carbocycles. The standard InChI is InChI=1S/C41H78O14/c1-3-5-7-9-10-11-12-13-14-15-16-17-18-19-20-21-23-25-50-27-30(53-33(43)24-22-8-6-4-2)28-51-40-39(49)37(47)35(45)32(55-40)29-52-41-38(48)36(46)34(44)31(26-42)54-41/h30-32,34-42,44-49H,3-29H2,1-2H3. The molecule has 14 nitrogen and oxygen atoms in total. The number of carbonyl (C=O) groups excluding carboxylic acids is 1. The molecule has 11 atom stereocenters. The van der Waals surface area contributed by atoms with Crippen molar-refractivity contribution in [3.8, 4) is 0 Å². The Bertz CT molecular complexity index is 927. The molecule has 55 heavy (non-hydrogen) atoms. The van der Waals surface area contributed by atoms with E-state index < -0.39 is 86.7 Å². The third kappa shape index (κ3) is 20.5. The van der Waals surface area contributed by atoms with Crippen LogP contribution in [0.4, 0.5) is 0 Å². The lowest BCUT2D eigenvalue weighted by Gasteiger charge is -2.42. The summed E-state index contributed by atoms with van der Waals surface area (Å²) < 4.78 is 33.9. The van der Waals surface area contributed by atoms with Gasteiger partial charge in [0.1, 0.15) is 54.9 Å². The highest BCUT2D eigenvalue weighted by Crippen LogP contribution is 2.26. The van der Waals surface area contributed by atoms with Gasteiger partial charge in [-0.15, -0.1) is 0 Å². The summed E-state index contributed by atoms with van der Waals surface area (Å²) in [6.07, 6.45) is 9.66. The lowest BCUT2D eigenvalue weighted by atomic mass is 9.98. The van der Waals surface area contributed by atoms with E-state index in [0.717, 1.165) is 38.5 Å². The third-order valence-corrected chi connectivity index (χ3v) is 10.6. The van der Waals surface area contributed by atoms with Gasteiger partial charge in [-0.3, -0.25) is 4.79 Å². The zero-order valence-electron chi connectivity index (χ0n) is 33.9. The topological polar surface area (TPSA) is 214 Å². The minimum Gasteiger partial charge on any atom is -0.457 e. The van der Waals surface area contributed by atoms with E-state index in [9.17, 15) is 40.5 Å². The summed E-state index contributed by atoms with van der Waals surface area (Å²) in [7, 11) is 0. The quantitative estimate of drug-likeness (QED) is 0.0367. The average molecular weight is 795 g/mol. The first-order chi connectivity index (χ1) is 26.6. The van der Waals surface area contributed by atoms with Gasteiger partial charge in [0.25, 0.3) is 0 Å². The Labute approximate surface area is 330 Å². The number of hydrogen-bond acceptors (Lipinski definition) is 14. The van der Waals surface area contributed by atoms with Gasteiger partial charge >= 0.3 is 5.97 Å². The van der Waals surface area contributed by atoms with Crippen LogP contribution in [0.5, 0.6) is 0 Å². The van der Waals surface area contributed by atoms with Crippen LogP contribution >= 0.6 is 0 Å². The summed E-state index contributed by atoms with van der Waals surface area (Å²) in [5.41, 5.74) is 0. The summed E-state index contributed by atoms with van der Waals surface area (Å²) in [6.45, 7) is 3.56. The van der Waals surface area contributed by atoms with Gasteiger partial charge in [0.2, 0.25) is 0 Å². The first-order valence-corrected chi connectivity index (χ1v) is 21.6. The number of aliphatic hydroxyl groups is 7. The van der Waals surface area contributed by atoms with Crippen LogP contribution in [0.1, 0.15) is 155 Å². The van der Waals surface area contributed by atoms with Crippen LogP contribution in [0, 0.1) is 0 Å². The van der Waals surface area contributed by atoms with Crippen molar-refractivity contribution in [1.82, 2.24) is 0 Å². The Kier molecular flexibility index (Phi) is 28.2. The minimum absolute atomic E-state index is 0.0667. The van der Waals surface area contributed by atoms with Gasteiger partial charge in [0.05, 0.1) is 26.4 Å². The molecule has 14 heteroatoms. The van der Waals surface area contributed by atoms with Crippen molar-refractivity contribution in [1.29, 1.82) is 0 Å². The molecule has 2 rings (SSSR count). The fourth-order valence-corrected chi connectivity index (χ4v) is 6.99. The Balaban J connectivity index is 1.72. The van der Waals surface area contributed by atoms with E-state index in [1.165, 1.54) is 89.9 Å². The molecule has 7 N–H and O–H groups in total. The Hall–Kier alpha value is -1.01. The molecule has 2 aliphatic heterocycles. The van der Waals surface area contributed by atoms with Gasteiger partial charge in [0.15, 0.2) is 12.6 Å². The zero-order valence-corrected chi connectivity index (χ0v) is 33.9. The monoisotopic (exact) mass is 795 g/mol. The van der Waals surface area contributed by atoms with Crippen molar-refractivity contribution in [2.75, 3.05) is 33.0 Å². The van der Waals surface area contributed by atoms with Crippen LogP contribution in [-0.4, -0.2) is 142 Å². The number of esters is 1. The Morgan fingerprint density at radius 2 is 0.964 bits per heavy atom. The molecule has 0 bridgehead atoms. The van der Waals surface area contributed by atoms with Crippen LogP contribution in [0.25, 0.3) is 0 Å². The van der Waals surface area contributed by atoms with Gasteiger partial charge < -0.3 is 64.2 Å². The summed E-state index contributed by atoms with van der Waals surface area (Å²) in [4.78, 5) is 12.6. The van der Waals surface area contributed by atoms with E-state index in [4.69, 9.17) is 28.4 Å². The van der Waals surface area contributed by atoms with Crippen molar-refractivity contribution >= 4 is 5.97 Å². The summed E-state index contributed by atoms with van der Waals surface area (Å²) in [5.74, 6) is -0.391. The van der Waals surface area contributed by atoms with E-state index in [1.807, 2.05) is 0 Å². The van der Waals surface area contributed by atoms with Gasteiger partial charge in [0, 0.05) is 13.0 Å². The number of hydrogen-bond donors (Lipinski definition) is 7. The highest BCUT2D eigenvalue weighted by atomic mass is 16.7. The van der Waals surface area contributed by atoms with E-state index in [2.05, 4.69) is 13.8 Å². The smallest absolute Gasteiger partial charge is 0.306 e. The normalized spacial score (nSPS) is 29.0. The van der Waals surface area contributed by atoms with Crippen molar-refractivity contribution in [3.05, 3.63) is 0 Å². The second-order valence-corrected chi connectivity index (χ2v) is 15.5. The first-order valence-electron chi connectivity index (χ1n) is 21.6. The molecular formula is C41H78O14. The molecule has 2 aliphatic rings. The average Bonchev–Trinajstić information content (AvgIpc) is 3.18. The minimum atomic E-state index is -1.70. The molecule has 2 saturated heterocycles. The van der Waals surface area contributed by atoms with Crippen LogP contribution in [0.2, 0.25) is 0 Å². The maximum atomic E-state index is 12.6. The van der Waals surface area contributed by atoms with Gasteiger partial charge in [-0.25, -0.2) is 0 Å². The van der Waals surface area contributed by atoms with E-state index in [-0.39, 0.29) is 19.6 Å². The fourth-order valence-electron chi connectivity index (χ4n) is 6.99. The molecule has 0 amide bonds. The third-order valence-electron chi connectivity index (χ3n) is 10.6. The predicted molar refractivity (Wildman–Crippen MR) is 206 cm³/mol. The molecule has 0 aromatic rings. The lowest BCUT2D eigenvalue weighted by Crippen LogP contribution is -2.61. The van der Waals surface area contributed by atoms with Crippen molar-refractivity contribution in [2.24, 2.45) is 0 Å². The molecule has 0 spiro atoms. The van der Waals surface area contributed by atoms with Gasteiger partial charge in [-0.05, 0) is 12.8 Å². The molecule has 2 heterocycles. The Morgan fingerprint density at radius 3 is 1.47 bits per heavy atom. The fraction of sp³-hybridized carbons (Fsp3) is 0.976. The SMILES string of the molecule is CCCCCCCCCCCCCCCCCCCOCC(COC1OC(COC2OC(CO)C(O)C(O)C2O)C(O)C(O)C1O)OC(=O)CCCCCC. The largest absolute Gasteiger partial charge is 0.457 e. The van der Waals surface area contributed by atoms with Gasteiger partial charge in [-0.2, -0.15) is 0 Å². The second-order valence-electron chi connectivity index (χ2n) is 15.5. The van der Waals surface area contributed by atoms with Crippen LogP contribution < -0.4 is 0 Å². The van der Waals surface area contributed by atoms with Crippen molar-refractivity contribution in [2.45, 2.75) is 223 Å². The van der Waals surface area contributed by atoms with Crippen molar-refractivity contribution in [3.63, 3.8) is 0 Å². The predicted octanol–water partition coefficient (Wildman–Crippen LogP) is 4.18. The van der Waals surface area contributed by atoms with Crippen LogP contribution in [0.15, 0.2) is 0 Å². The number of unbranched alkanes of at least 4 members (excludes halogenated alkanes) is 19. The number of rotatable bonds is 33. The summed E-state index contributed by atoms with van der Waals surface area (Å²) in [5, 5.41) is 71.5. The van der Waals surface area contributed by atoms with E-state index >= 15 is 0 Å². The highest BCUT2D eigenvalue weighted by molar-refractivity contribution is 5.69. The van der Waals surface area contributed by atoms with Crippen LogP contribution in [-0.2, 0) is 33.2 Å². The van der Waals surface area contributed by atoms with E-state index in [1.54, 1.807) is 0 Å². The molecule has 0 aromatic heterocycles. The molecule has 11 unspecified atom stereocenters. The van der Waals surface area contributed by atoms with Crippen molar-refractivity contribution < 1.29 is 69.0 Å². The summed E-state index contributed by atoms with van der Waals surface area (Å²) >= 11 is 0. The maximum Gasteiger partial charge on any atom is 0.306 e. The maximum absolute atomic E-state index is 12.6. The van der Waals surface area contributed by atoms with Crippen LogP contribution in [0.3, 0.4) is 0 Å². The molecule has 0 aliphatic carbocycles. The number of carbonyl (C=O) groups is 1. The van der Waals surface area contributed by atoms with E-state index in [0.29, 0.717) is 13.0 Å². The molecular weight excluding hydrogens is 716 g/mol.